The highest BCUT2D eigenvalue weighted by Gasteiger charge is 2.34. The largest absolute Gasteiger partial charge is 0.480 e. The van der Waals surface area contributed by atoms with Gasteiger partial charge in [-0.15, -0.1) is 11.3 Å². The fourth-order valence-electron chi connectivity index (χ4n) is 1.90. The number of carbonyl (C=O) groups excluding carboxylic acids is 2. The lowest BCUT2D eigenvalue weighted by molar-refractivity contribution is -0.145. The average Bonchev–Trinajstić information content (AvgIpc) is 2.88. The Labute approximate surface area is 126 Å². The lowest BCUT2D eigenvalue weighted by atomic mass is 9.93. The van der Waals surface area contributed by atoms with E-state index in [0.717, 1.165) is 0 Å². The number of primary amides is 1. The molecule has 1 aromatic heterocycles. The van der Waals surface area contributed by atoms with Crippen molar-refractivity contribution < 1.29 is 19.5 Å². The SMILES string of the molecule is CCC(CC)(NCC(=O)Nc1sccc1C(N)=O)C(=O)O. The Bertz CT molecular complexity index is 537. The van der Waals surface area contributed by atoms with E-state index in [1.807, 2.05) is 0 Å². The zero-order valence-corrected chi connectivity index (χ0v) is 12.8. The molecule has 0 radical (unpaired) electrons. The number of carboxylic acid groups (broad SMARTS) is 1. The average molecular weight is 313 g/mol. The molecule has 0 saturated heterocycles. The lowest BCUT2D eigenvalue weighted by Crippen LogP contribution is -2.53. The predicted molar refractivity (Wildman–Crippen MR) is 80.4 cm³/mol. The van der Waals surface area contributed by atoms with Crippen molar-refractivity contribution in [1.29, 1.82) is 0 Å². The van der Waals surface area contributed by atoms with E-state index in [2.05, 4.69) is 10.6 Å². The molecule has 0 unspecified atom stereocenters. The monoisotopic (exact) mass is 313 g/mol. The second-order valence-electron chi connectivity index (χ2n) is 4.52. The summed E-state index contributed by atoms with van der Waals surface area (Å²) < 4.78 is 0. The molecule has 5 N–H and O–H groups in total. The molecule has 0 atom stereocenters. The number of rotatable bonds is 8. The Morgan fingerprint density at radius 2 is 1.95 bits per heavy atom. The zero-order valence-electron chi connectivity index (χ0n) is 11.9. The Morgan fingerprint density at radius 3 is 2.43 bits per heavy atom. The van der Waals surface area contributed by atoms with Crippen molar-refractivity contribution in [2.24, 2.45) is 5.73 Å². The summed E-state index contributed by atoms with van der Waals surface area (Å²) in [5.41, 5.74) is 4.30. The molecule has 8 heteroatoms. The Morgan fingerprint density at radius 1 is 1.33 bits per heavy atom. The van der Waals surface area contributed by atoms with E-state index in [4.69, 9.17) is 5.73 Å². The van der Waals surface area contributed by atoms with Crippen LogP contribution in [0.5, 0.6) is 0 Å². The second kappa shape index (κ2) is 7.19. The maximum absolute atomic E-state index is 11.9. The van der Waals surface area contributed by atoms with Gasteiger partial charge in [-0.1, -0.05) is 13.8 Å². The highest BCUT2D eigenvalue weighted by Crippen LogP contribution is 2.22. The van der Waals surface area contributed by atoms with Crippen LogP contribution in [0.4, 0.5) is 5.00 Å². The number of hydrogen-bond acceptors (Lipinski definition) is 5. The standard InChI is InChI=1S/C13H19N3O4S/c1-3-13(4-2,12(19)20)15-7-9(17)16-11-8(10(14)18)5-6-21-11/h5-6,15H,3-4,7H2,1-2H3,(H2,14,18)(H,16,17)(H,19,20). The van der Waals surface area contributed by atoms with Crippen molar-refractivity contribution in [2.45, 2.75) is 32.2 Å². The minimum absolute atomic E-state index is 0.163. The number of carboxylic acids is 1. The van der Waals surface area contributed by atoms with Crippen LogP contribution in [-0.4, -0.2) is 35.0 Å². The fraction of sp³-hybridized carbons (Fsp3) is 0.462. The smallest absolute Gasteiger partial charge is 0.323 e. The third kappa shape index (κ3) is 4.02. The molecule has 0 saturated carbocycles. The first-order chi connectivity index (χ1) is 9.86. The van der Waals surface area contributed by atoms with Crippen LogP contribution in [0.25, 0.3) is 0 Å². The molecular formula is C13H19N3O4S. The van der Waals surface area contributed by atoms with Crippen LogP contribution < -0.4 is 16.4 Å². The highest BCUT2D eigenvalue weighted by molar-refractivity contribution is 7.14. The minimum atomic E-state index is -1.13. The van der Waals surface area contributed by atoms with Gasteiger partial charge in [-0.05, 0) is 24.3 Å². The van der Waals surface area contributed by atoms with E-state index < -0.39 is 23.3 Å². The number of nitrogens with two attached hydrogens (primary N) is 1. The third-order valence-electron chi connectivity index (χ3n) is 3.39. The Balaban J connectivity index is 2.68. The van der Waals surface area contributed by atoms with Gasteiger partial charge in [0, 0.05) is 0 Å². The van der Waals surface area contributed by atoms with Crippen LogP contribution in [0.3, 0.4) is 0 Å². The molecule has 0 aliphatic carbocycles. The number of thiophene rings is 1. The van der Waals surface area contributed by atoms with Crippen LogP contribution in [-0.2, 0) is 9.59 Å². The van der Waals surface area contributed by atoms with Gasteiger partial charge in [0.2, 0.25) is 5.91 Å². The summed E-state index contributed by atoms with van der Waals surface area (Å²) in [6.45, 7) is 3.32. The Hall–Kier alpha value is -1.93. The normalized spacial score (nSPS) is 11.1. The van der Waals surface area contributed by atoms with Crippen molar-refractivity contribution in [2.75, 3.05) is 11.9 Å². The number of carbonyl (C=O) groups is 3. The van der Waals surface area contributed by atoms with Gasteiger partial charge < -0.3 is 16.2 Å². The van der Waals surface area contributed by atoms with Crippen LogP contribution in [0.2, 0.25) is 0 Å². The molecule has 0 aromatic carbocycles. The fourth-order valence-corrected chi connectivity index (χ4v) is 2.71. The summed E-state index contributed by atoms with van der Waals surface area (Å²) in [6, 6.07) is 1.52. The molecule has 1 rings (SSSR count). The minimum Gasteiger partial charge on any atom is -0.480 e. The highest BCUT2D eigenvalue weighted by atomic mass is 32.1. The Kier molecular flexibility index (Phi) is 5.86. The van der Waals surface area contributed by atoms with Crippen LogP contribution in [0.1, 0.15) is 37.0 Å². The van der Waals surface area contributed by atoms with E-state index in [0.29, 0.717) is 17.8 Å². The van der Waals surface area contributed by atoms with Gasteiger partial charge in [0.25, 0.3) is 5.91 Å². The van der Waals surface area contributed by atoms with Crippen LogP contribution >= 0.6 is 11.3 Å². The van der Waals surface area contributed by atoms with Gasteiger partial charge in [0.15, 0.2) is 0 Å². The third-order valence-corrected chi connectivity index (χ3v) is 4.22. The maximum Gasteiger partial charge on any atom is 0.323 e. The second-order valence-corrected chi connectivity index (χ2v) is 5.44. The van der Waals surface area contributed by atoms with E-state index in [1.54, 1.807) is 19.2 Å². The number of aliphatic carboxylic acids is 1. The van der Waals surface area contributed by atoms with Crippen molar-refractivity contribution in [3.8, 4) is 0 Å². The van der Waals surface area contributed by atoms with Crippen molar-refractivity contribution in [1.82, 2.24) is 5.32 Å². The summed E-state index contributed by atoms with van der Waals surface area (Å²) in [5.74, 6) is -2.04. The van der Waals surface area contributed by atoms with Gasteiger partial charge in [-0.2, -0.15) is 0 Å². The van der Waals surface area contributed by atoms with Crippen molar-refractivity contribution >= 4 is 34.1 Å². The molecule has 1 aromatic rings. The first-order valence-electron chi connectivity index (χ1n) is 6.51. The van der Waals surface area contributed by atoms with E-state index in [1.165, 1.54) is 17.4 Å². The van der Waals surface area contributed by atoms with E-state index in [-0.39, 0.29) is 12.1 Å². The molecule has 1 heterocycles. The number of amides is 2. The van der Waals surface area contributed by atoms with Gasteiger partial charge in [0.1, 0.15) is 10.5 Å². The molecule has 0 aliphatic heterocycles. The van der Waals surface area contributed by atoms with E-state index in [9.17, 15) is 19.5 Å². The summed E-state index contributed by atoms with van der Waals surface area (Å²) in [5, 5.41) is 16.6. The van der Waals surface area contributed by atoms with Gasteiger partial charge in [-0.25, -0.2) is 0 Å². The molecule has 0 fully saturated rings. The van der Waals surface area contributed by atoms with E-state index >= 15 is 0 Å². The zero-order chi connectivity index (χ0) is 16.0. The summed E-state index contributed by atoms with van der Waals surface area (Å²) in [6.07, 6.45) is 0.718. The number of hydrogen-bond donors (Lipinski definition) is 4. The first kappa shape index (κ1) is 17.1. The summed E-state index contributed by atoms with van der Waals surface area (Å²) in [7, 11) is 0. The summed E-state index contributed by atoms with van der Waals surface area (Å²) in [4.78, 5) is 34.3. The van der Waals surface area contributed by atoms with Crippen molar-refractivity contribution in [3.63, 3.8) is 0 Å². The molecular weight excluding hydrogens is 294 g/mol. The van der Waals surface area contributed by atoms with Gasteiger partial charge in [0.05, 0.1) is 12.1 Å². The number of anilines is 1. The molecule has 0 aliphatic rings. The molecule has 0 bridgehead atoms. The topological polar surface area (TPSA) is 122 Å². The first-order valence-corrected chi connectivity index (χ1v) is 7.39. The van der Waals surface area contributed by atoms with Gasteiger partial charge in [-0.3, -0.25) is 19.7 Å². The molecule has 116 valence electrons. The van der Waals surface area contributed by atoms with Crippen LogP contribution in [0, 0.1) is 0 Å². The molecule has 2 amide bonds. The maximum atomic E-state index is 11.9. The summed E-state index contributed by atoms with van der Waals surface area (Å²) >= 11 is 1.18. The molecule has 7 nitrogen and oxygen atoms in total. The van der Waals surface area contributed by atoms with Crippen LogP contribution in [0.15, 0.2) is 11.4 Å². The van der Waals surface area contributed by atoms with Crippen molar-refractivity contribution in [3.05, 3.63) is 17.0 Å². The molecule has 0 spiro atoms. The predicted octanol–water partition coefficient (Wildman–Crippen LogP) is 1.02. The quantitative estimate of drug-likeness (QED) is 0.571. The lowest BCUT2D eigenvalue weighted by Gasteiger charge is -2.27. The van der Waals surface area contributed by atoms with Gasteiger partial charge >= 0.3 is 5.97 Å². The molecule has 21 heavy (non-hydrogen) atoms. The number of nitrogens with one attached hydrogen (secondary N) is 2.